The number of phenolic OH excluding ortho intramolecular Hbond substituents is 1. The fourth-order valence-electron chi connectivity index (χ4n) is 3.44. The number of fused-ring (bicyclic) bond motifs is 1. The van der Waals surface area contributed by atoms with Gasteiger partial charge in [0.05, 0.1) is 12.8 Å². The smallest absolute Gasteiger partial charge is 0.137 e. The van der Waals surface area contributed by atoms with Gasteiger partial charge in [0, 0.05) is 40.0 Å². The number of nitrogens with one attached hydrogen (secondary N) is 1. The molecule has 2 heterocycles. The molecule has 6 heteroatoms. The van der Waals surface area contributed by atoms with E-state index in [0.29, 0.717) is 11.3 Å². The normalized spacial score (nSPS) is 11.6. The van der Waals surface area contributed by atoms with E-state index in [0.717, 1.165) is 39.0 Å². The molecular weight excluding hydrogens is 366 g/mol. The van der Waals surface area contributed by atoms with E-state index in [1.54, 1.807) is 20.1 Å². The van der Waals surface area contributed by atoms with Crippen LogP contribution in [0.3, 0.4) is 0 Å². The van der Waals surface area contributed by atoms with Gasteiger partial charge in [-0.2, -0.15) is 0 Å². The molecule has 29 heavy (non-hydrogen) atoms. The molecule has 4 aromatic rings. The van der Waals surface area contributed by atoms with Crippen molar-refractivity contribution in [3.63, 3.8) is 0 Å². The number of aromatic nitrogens is 2. The number of aromatic amines is 1. The van der Waals surface area contributed by atoms with Gasteiger partial charge >= 0.3 is 0 Å². The number of nitrogens with zero attached hydrogens (tertiary/aromatic N) is 2. The van der Waals surface area contributed by atoms with E-state index < -0.39 is 0 Å². The second-order valence-corrected chi connectivity index (χ2v) is 6.61. The molecule has 0 aliphatic carbocycles. The van der Waals surface area contributed by atoms with Crippen molar-refractivity contribution < 1.29 is 14.7 Å². The third-order valence-corrected chi connectivity index (χ3v) is 4.88. The van der Waals surface area contributed by atoms with Crippen LogP contribution in [-0.4, -0.2) is 35.0 Å². The molecule has 6 nitrogen and oxygen atoms in total. The molecular formula is C23H21N3O3. The van der Waals surface area contributed by atoms with Crippen molar-refractivity contribution in [1.82, 2.24) is 9.97 Å². The number of methoxy groups -OCH3 is 1. The molecule has 0 amide bonds. The number of hydrogen-bond acceptors (Lipinski definition) is 5. The van der Waals surface area contributed by atoms with Crippen molar-refractivity contribution in [2.24, 2.45) is 5.16 Å². The lowest BCUT2D eigenvalue weighted by molar-refractivity contribution is 0.213. The van der Waals surface area contributed by atoms with E-state index in [2.05, 4.69) is 21.2 Å². The zero-order chi connectivity index (χ0) is 20.4. The van der Waals surface area contributed by atoms with Crippen LogP contribution in [0.2, 0.25) is 0 Å². The van der Waals surface area contributed by atoms with Gasteiger partial charge in [-0.15, -0.1) is 0 Å². The minimum absolute atomic E-state index is 0.150. The number of H-pyrrole nitrogens is 1. The number of aromatic hydroxyl groups is 1. The summed E-state index contributed by atoms with van der Waals surface area (Å²) in [7, 11) is 3.15. The van der Waals surface area contributed by atoms with Crippen molar-refractivity contribution in [1.29, 1.82) is 0 Å². The van der Waals surface area contributed by atoms with Gasteiger partial charge in [0.2, 0.25) is 0 Å². The monoisotopic (exact) mass is 387 g/mol. The number of phenols is 1. The first-order valence-corrected chi connectivity index (χ1v) is 9.14. The Bertz CT molecular complexity index is 1210. The molecule has 0 bridgehead atoms. The van der Waals surface area contributed by atoms with Gasteiger partial charge in [-0.25, -0.2) is 4.98 Å². The summed E-state index contributed by atoms with van der Waals surface area (Å²) in [6, 6.07) is 15.4. The molecule has 0 spiro atoms. The summed E-state index contributed by atoms with van der Waals surface area (Å²) >= 11 is 0. The molecule has 146 valence electrons. The summed E-state index contributed by atoms with van der Waals surface area (Å²) in [5.41, 5.74) is 5.87. The number of hydrogen-bond donors (Lipinski definition) is 2. The van der Waals surface area contributed by atoms with Gasteiger partial charge in [-0.3, -0.25) is 0 Å². The van der Waals surface area contributed by atoms with E-state index in [9.17, 15) is 5.11 Å². The maximum absolute atomic E-state index is 10.2. The molecule has 2 aromatic carbocycles. The van der Waals surface area contributed by atoms with Crippen molar-refractivity contribution in [2.45, 2.75) is 6.92 Å². The first-order chi connectivity index (χ1) is 14.1. The highest BCUT2D eigenvalue weighted by molar-refractivity contribution is 6.02. The van der Waals surface area contributed by atoms with Crippen LogP contribution >= 0.6 is 0 Å². The van der Waals surface area contributed by atoms with Gasteiger partial charge in [-0.1, -0.05) is 29.4 Å². The molecule has 0 aliphatic rings. The predicted molar refractivity (Wildman–Crippen MR) is 114 cm³/mol. The molecule has 2 N–H and O–H groups in total. The van der Waals surface area contributed by atoms with Crippen LogP contribution in [0.15, 0.2) is 66.1 Å². The Balaban J connectivity index is 1.85. The molecule has 0 atom stereocenters. The fraction of sp³-hybridized carbons (Fsp3) is 0.130. The zero-order valence-corrected chi connectivity index (χ0v) is 16.4. The van der Waals surface area contributed by atoms with Crippen molar-refractivity contribution in [3.8, 4) is 33.8 Å². The van der Waals surface area contributed by atoms with Crippen molar-refractivity contribution in [3.05, 3.63) is 66.5 Å². The van der Waals surface area contributed by atoms with Gasteiger partial charge < -0.3 is 19.7 Å². The van der Waals surface area contributed by atoms with E-state index >= 15 is 0 Å². The second-order valence-electron chi connectivity index (χ2n) is 6.61. The predicted octanol–water partition coefficient (Wildman–Crippen LogP) is 4.98. The maximum atomic E-state index is 10.2. The van der Waals surface area contributed by atoms with Gasteiger partial charge in [0.25, 0.3) is 0 Å². The molecule has 0 aliphatic heterocycles. The number of rotatable bonds is 5. The van der Waals surface area contributed by atoms with Crippen LogP contribution in [0.4, 0.5) is 0 Å². The minimum atomic E-state index is 0.150. The van der Waals surface area contributed by atoms with Crippen LogP contribution in [0.25, 0.3) is 33.3 Å². The summed E-state index contributed by atoms with van der Waals surface area (Å²) < 4.78 is 5.52. The third-order valence-electron chi connectivity index (χ3n) is 4.88. The number of benzene rings is 2. The highest BCUT2D eigenvalue weighted by atomic mass is 16.6. The van der Waals surface area contributed by atoms with Crippen molar-refractivity contribution in [2.75, 3.05) is 14.2 Å². The Morgan fingerprint density at radius 3 is 2.66 bits per heavy atom. The van der Waals surface area contributed by atoms with E-state index in [4.69, 9.17) is 9.57 Å². The Morgan fingerprint density at radius 1 is 1.03 bits per heavy atom. The second kappa shape index (κ2) is 7.67. The highest BCUT2D eigenvalue weighted by Gasteiger charge is 2.14. The fourth-order valence-corrected chi connectivity index (χ4v) is 3.44. The minimum Gasteiger partial charge on any atom is -0.507 e. The number of pyridine rings is 1. The standard InChI is InChI=1S/C23H21N3O3/c1-14(26-29-3)18-10-15(8-9-21(18)27)16-11-19-20(13-25-23(19)24-12-16)17-6-4-5-7-22(17)28-2/h4-13,27H,1-3H3,(H,24,25)/b26-14+. The first-order valence-electron chi connectivity index (χ1n) is 9.14. The van der Waals surface area contributed by atoms with E-state index in [1.807, 2.05) is 48.8 Å². The van der Waals surface area contributed by atoms with E-state index in [-0.39, 0.29) is 5.75 Å². The number of oxime groups is 1. The summed E-state index contributed by atoms with van der Waals surface area (Å²) in [6.45, 7) is 1.79. The lowest BCUT2D eigenvalue weighted by atomic mass is 9.99. The number of para-hydroxylation sites is 1. The quantitative estimate of drug-likeness (QED) is 0.374. The lowest BCUT2D eigenvalue weighted by Crippen LogP contribution is -1.97. The van der Waals surface area contributed by atoms with Crippen LogP contribution in [0.5, 0.6) is 11.5 Å². The average molecular weight is 387 g/mol. The van der Waals surface area contributed by atoms with Crippen LogP contribution in [-0.2, 0) is 4.84 Å². The van der Waals surface area contributed by atoms with Crippen LogP contribution < -0.4 is 4.74 Å². The molecule has 0 unspecified atom stereocenters. The Morgan fingerprint density at radius 2 is 1.86 bits per heavy atom. The number of ether oxygens (including phenoxy) is 1. The van der Waals surface area contributed by atoms with Gasteiger partial charge in [-0.05, 0) is 36.8 Å². The molecule has 0 saturated heterocycles. The van der Waals surface area contributed by atoms with Gasteiger partial charge in [0.1, 0.15) is 24.3 Å². The summed E-state index contributed by atoms with van der Waals surface area (Å²) in [5, 5.41) is 15.1. The van der Waals surface area contributed by atoms with Crippen LogP contribution in [0.1, 0.15) is 12.5 Å². The molecule has 4 rings (SSSR count). The molecule has 0 saturated carbocycles. The summed E-state index contributed by atoms with van der Waals surface area (Å²) in [6.07, 6.45) is 3.75. The van der Waals surface area contributed by atoms with Crippen LogP contribution in [0, 0.1) is 0 Å². The Hall–Kier alpha value is -3.80. The topological polar surface area (TPSA) is 79.7 Å². The summed E-state index contributed by atoms with van der Waals surface area (Å²) in [4.78, 5) is 12.6. The zero-order valence-electron chi connectivity index (χ0n) is 16.4. The molecule has 2 aromatic heterocycles. The SMILES string of the molecule is CO/N=C(\C)c1cc(-c2cnc3[nH]cc(-c4ccccc4OC)c3c2)ccc1O. The Labute approximate surface area is 168 Å². The third kappa shape index (κ3) is 3.40. The molecule has 0 radical (unpaired) electrons. The van der Waals surface area contributed by atoms with E-state index in [1.165, 1.54) is 7.11 Å². The first kappa shape index (κ1) is 18.6. The Kier molecular flexibility index (Phi) is 4.91. The summed E-state index contributed by atoms with van der Waals surface area (Å²) in [5.74, 6) is 0.953. The lowest BCUT2D eigenvalue weighted by Gasteiger charge is -2.09. The molecule has 0 fully saturated rings. The van der Waals surface area contributed by atoms with Crippen molar-refractivity contribution >= 4 is 16.7 Å². The van der Waals surface area contributed by atoms with Gasteiger partial charge in [0.15, 0.2) is 0 Å². The maximum Gasteiger partial charge on any atom is 0.137 e. The highest BCUT2D eigenvalue weighted by Crippen LogP contribution is 2.36. The average Bonchev–Trinajstić information content (AvgIpc) is 3.17. The largest absolute Gasteiger partial charge is 0.507 e.